The summed E-state index contributed by atoms with van der Waals surface area (Å²) >= 11 is -3.40. The molecule has 0 bridgehead atoms. The minimum absolute atomic E-state index is 0.822. The van der Waals surface area contributed by atoms with Gasteiger partial charge >= 0.3 is 14.8 Å². The molecule has 1 aromatic carbocycles. The molecule has 0 amide bonds. The molecule has 0 aromatic heterocycles. The van der Waals surface area contributed by atoms with Crippen LogP contribution in [0.25, 0.3) is 0 Å². The number of hydrogen-bond acceptors (Lipinski definition) is 4. The van der Waals surface area contributed by atoms with Crippen molar-refractivity contribution in [2.24, 2.45) is 0 Å². The van der Waals surface area contributed by atoms with Crippen LogP contribution in [0, 0.1) is 14.8 Å². The smallest absolute Gasteiger partial charge is 0.399 e. The van der Waals surface area contributed by atoms with E-state index in [-0.39, 0.29) is 0 Å². The van der Waals surface area contributed by atoms with Crippen LogP contribution in [-0.2, 0) is 0 Å². The summed E-state index contributed by atoms with van der Waals surface area (Å²) in [7, 11) is 0. The predicted octanol–water partition coefficient (Wildman–Crippen LogP) is -1.67. The van der Waals surface area contributed by atoms with Gasteiger partial charge in [-0.05, 0) is 16.3 Å². The van der Waals surface area contributed by atoms with Crippen LogP contribution in [0.15, 0.2) is 30.3 Å². The molecule has 0 aliphatic rings. The molecule has 0 fully saturated rings. The second-order valence-corrected chi connectivity index (χ2v) is 2.46. The van der Waals surface area contributed by atoms with Crippen LogP contribution in [0.5, 0.6) is 0 Å². The molecule has 11 heavy (non-hydrogen) atoms. The van der Waals surface area contributed by atoms with Crippen molar-refractivity contribution in [3.05, 3.63) is 30.3 Å². The third kappa shape index (κ3) is 9.38. The Hall–Kier alpha value is -0.620. The van der Waals surface area contributed by atoms with E-state index in [1.165, 1.54) is 0 Å². The average Bonchev–Trinajstić information content (AvgIpc) is 1.87. The van der Waals surface area contributed by atoms with Gasteiger partial charge in [0, 0.05) is 5.69 Å². The predicted molar refractivity (Wildman–Crippen MR) is 33.1 cm³/mol. The molecule has 0 saturated carbocycles. The number of nitrogens with two attached hydrogens (primary N) is 1. The van der Waals surface area contributed by atoms with E-state index < -0.39 is 14.8 Å². The summed E-state index contributed by atoms with van der Waals surface area (Å²) in [6.07, 6.45) is 0. The summed E-state index contributed by atoms with van der Waals surface area (Å²) in [5, 5.41) is 0. The Morgan fingerprint density at radius 1 is 1.18 bits per heavy atom. The van der Waals surface area contributed by atoms with E-state index in [0.717, 1.165) is 5.69 Å². The van der Waals surface area contributed by atoms with E-state index in [0.29, 0.717) is 0 Å². The van der Waals surface area contributed by atoms with Crippen molar-refractivity contribution in [3.8, 4) is 0 Å². The summed E-state index contributed by atoms with van der Waals surface area (Å²) in [5.41, 5.74) is 6.18. The largest absolute Gasteiger partial charge is 0.433 e. The molecule has 4 nitrogen and oxygen atoms in total. The number of anilines is 1. The van der Waals surface area contributed by atoms with Crippen LogP contribution in [-0.4, -0.2) is 4.20 Å². The summed E-state index contributed by atoms with van der Waals surface area (Å²) in [5.74, 6) is 0. The molecule has 5 heteroatoms. The number of hydrogen-bond donors (Lipinski definition) is 2. The van der Waals surface area contributed by atoms with Gasteiger partial charge in [0.2, 0.25) is 0 Å². The molecule has 0 aliphatic carbocycles. The van der Waals surface area contributed by atoms with Crippen molar-refractivity contribution in [2.45, 2.75) is 0 Å². The lowest BCUT2D eigenvalue weighted by Crippen LogP contribution is -2.30. The van der Waals surface area contributed by atoms with Crippen LogP contribution in [0.1, 0.15) is 0 Å². The van der Waals surface area contributed by atoms with Gasteiger partial charge in [-0.25, -0.2) is 0 Å². The first kappa shape index (κ1) is 10.4. The summed E-state index contributed by atoms with van der Waals surface area (Å²) in [6.45, 7) is 0. The van der Waals surface area contributed by atoms with E-state index in [2.05, 4.69) is 0 Å². The summed E-state index contributed by atoms with van der Waals surface area (Å²) in [4.78, 5) is 0. The van der Waals surface area contributed by atoms with Crippen LogP contribution in [0.4, 0.5) is 5.69 Å². The lowest BCUT2D eigenvalue weighted by molar-refractivity contribution is -1.63. The van der Waals surface area contributed by atoms with Crippen molar-refractivity contribution in [1.82, 2.24) is 0 Å². The molecule has 0 spiro atoms. The van der Waals surface area contributed by atoms with E-state index in [4.69, 9.17) is 18.3 Å². The number of para-hydroxylation sites is 1. The molecule has 0 aliphatic heterocycles. The van der Waals surface area contributed by atoms with Gasteiger partial charge in [-0.15, -0.1) is 0 Å². The van der Waals surface area contributed by atoms with Gasteiger partial charge in [0.05, 0.1) is 0 Å². The van der Waals surface area contributed by atoms with Crippen molar-refractivity contribution < 1.29 is 27.4 Å². The molecule has 0 unspecified atom stereocenters. The van der Waals surface area contributed by atoms with E-state index in [1.807, 2.05) is 30.3 Å². The van der Waals surface area contributed by atoms with E-state index in [9.17, 15) is 0 Å². The SMILES string of the molecule is Nc1ccccc1.[O-][Br+2]([O-])O. The van der Waals surface area contributed by atoms with Gasteiger partial charge in [-0.2, -0.15) is 0 Å². The maximum Gasteiger partial charge on any atom is 0.433 e. The molecule has 0 heterocycles. The highest BCUT2D eigenvalue weighted by Crippen LogP contribution is 1.95. The number of benzene rings is 1. The van der Waals surface area contributed by atoms with Crippen LogP contribution >= 0.6 is 0 Å². The first-order valence-electron chi connectivity index (χ1n) is 2.68. The maximum absolute atomic E-state index is 8.63. The standard InChI is InChI=1S/C6H7N.BrHO3/c7-6-4-2-1-3-5-6;2-1(3)4/h1-5H,7H2;2H. The van der Waals surface area contributed by atoms with Gasteiger partial charge < -0.3 is 14.1 Å². The molecule has 1 aromatic rings. The third-order valence-corrected chi connectivity index (χ3v) is 0.800. The highest BCUT2D eigenvalue weighted by molar-refractivity contribution is 5.35. The highest BCUT2D eigenvalue weighted by atomic mass is 80.0. The molecule has 0 radical (unpaired) electrons. The minimum Gasteiger partial charge on any atom is -0.399 e. The second-order valence-electron chi connectivity index (χ2n) is 1.61. The lowest BCUT2D eigenvalue weighted by atomic mass is 10.3. The second kappa shape index (κ2) is 6.11. The van der Waals surface area contributed by atoms with Crippen LogP contribution in [0.2, 0.25) is 0 Å². The quantitative estimate of drug-likeness (QED) is 0.513. The zero-order valence-electron chi connectivity index (χ0n) is 5.61. The zero-order valence-corrected chi connectivity index (χ0v) is 7.19. The Labute approximate surface area is 69.7 Å². The van der Waals surface area contributed by atoms with E-state index in [1.54, 1.807) is 0 Å². The fraction of sp³-hybridized carbons (Fsp3) is 0. The fourth-order valence-corrected chi connectivity index (χ4v) is 0.453. The molecule has 62 valence electrons. The maximum atomic E-state index is 8.63. The Bertz CT molecular complexity index is 178. The van der Waals surface area contributed by atoms with Crippen molar-refractivity contribution in [2.75, 3.05) is 5.73 Å². The first-order chi connectivity index (χ1) is 5.13. The topological polar surface area (TPSA) is 92.4 Å². The van der Waals surface area contributed by atoms with Crippen molar-refractivity contribution in [1.29, 1.82) is 0 Å². The molecular weight excluding hydrogens is 214 g/mol. The van der Waals surface area contributed by atoms with Crippen LogP contribution < -0.4 is 14.1 Å². The fourth-order valence-electron chi connectivity index (χ4n) is 0.453. The monoisotopic (exact) mass is 221 g/mol. The Balaban J connectivity index is 0.000000218. The van der Waals surface area contributed by atoms with Gasteiger partial charge in [0.15, 0.2) is 0 Å². The third-order valence-electron chi connectivity index (χ3n) is 0.800. The molecule has 0 atom stereocenters. The summed E-state index contributed by atoms with van der Waals surface area (Å²) < 4.78 is 24.3. The normalized spacial score (nSPS) is 8.73. The molecule has 3 N–H and O–H groups in total. The Morgan fingerprint density at radius 3 is 1.73 bits per heavy atom. The molecule has 1 rings (SSSR count). The van der Waals surface area contributed by atoms with Gasteiger partial charge in [0.1, 0.15) is 0 Å². The minimum atomic E-state index is -3.40. The van der Waals surface area contributed by atoms with Crippen LogP contribution in [0.3, 0.4) is 0 Å². The van der Waals surface area contributed by atoms with Crippen molar-refractivity contribution >= 4 is 5.69 Å². The Morgan fingerprint density at radius 2 is 1.55 bits per heavy atom. The van der Waals surface area contributed by atoms with Gasteiger partial charge in [-0.3, -0.25) is 0 Å². The van der Waals surface area contributed by atoms with Gasteiger partial charge in [0.25, 0.3) is 0 Å². The van der Waals surface area contributed by atoms with E-state index >= 15 is 0 Å². The van der Waals surface area contributed by atoms with Gasteiger partial charge in [-0.1, -0.05) is 18.2 Å². The Kier molecular flexibility index (Phi) is 5.77. The average molecular weight is 222 g/mol. The number of nitrogen functional groups attached to an aromatic ring is 1. The lowest BCUT2D eigenvalue weighted by Gasteiger charge is -1.83. The molecular formula is C6H8BrNO3. The highest BCUT2D eigenvalue weighted by Gasteiger charge is 1.86. The summed E-state index contributed by atoms with van der Waals surface area (Å²) in [6, 6.07) is 9.49. The molecule has 0 saturated heterocycles. The number of halogens is 1. The zero-order chi connectivity index (χ0) is 8.69. The van der Waals surface area contributed by atoms with Crippen molar-refractivity contribution in [3.63, 3.8) is 0 Å². The number of rotatable bonds is 0. The first-order valence-corrected chi connectivity index (χ1v) is 4.68.